The minimum atomic E-state index is -1.11. The molecule has 0 bridgehead atoms. The number of aromatic hydroxyl groups is 1. The van der Waals surface area contributed by atoms with E-state index in [1.807, 2.05) is 0 Å². The average molecular weight is 342 g/mol. The Morgan fingerprint density at radius 3 is 2.38 bits per heavy atom. The van der Waals surface area contributed by atoms with Gasteiger partial charge in [0.05, 0.1) is 12.2 Å². The maximum absolute atomic E-state index is 14.0. The van der Waals surface area contributed by atoms with Crippen molar-refractivity contribution in [1.29, 1.82) is 0 Å². The molecule has 0 saturated carbocycles. The van der Waals surface area contributed by atoms with Gasteiger partial charge >= 0.3 is 0 Å². The number of rotatable bonds is 8. The Morgan fingerprint density at radius 2 is 1.67 bits per heavy atom. The summed E-state index contributed by atoms with van der Waals surface area (Å²) >= 11 is 0. The molecular weight excluding hydrogens is 325 g/mol. The predicted octanol–water partition coefficient (Wildman–Crippen LogP) is 3.54. The number of benzene rings is 2. The van der Waals surface area contributed by atoms with Crippen molar-refractivity contribution in [3.05, 3.63) is 53.3 Å². The Balaban J connectivity index is 2.13. The quantitative estimate of drug-likeness (QED) is 0.721. The van der Waals surface area contributed by atoms with Gasteiger partial charge in [0.1, 0.15) is 18.2 Å². The second-order valence-electron chi connectivity index (χ2n) is 5.02. The molecule has 7 heteroatoms. The molecule has 0 fully saturated rings. The van der Waals surface area contributed by atoms with Crippen LogP contribution in [0.5, 0.6) is 17.2 Å². The molecule has 0 unspecified atom stereocenters. The third-order valence-electron chi connectivity index (χ3n) is 3.26. The van der Waals surface area contributed by atoms with Gasteiger partial charge in [-0.15, -0.1) is 0 Å². The fraction of sp³-hybridized carbons (Fsp3) is 0.294. The molecule has 0 aliphatic carbocycles. The molecule has 0 heterocycles. The molecule has 4 nitrogen and oxygen atoms in total. The molecule has 2 rings (SSSR count). The van der Waals surface area contributed by atoms with Gasteiger partial charge in [-0.05, 0) is 37.1 Å². The number of hydrogen-bond donors (Lipinski definition) is 2. The normalized spacial score (nSPS) is 10.7. The van der Waals surface area contributed by atoms with E-state index >= 15 is 0 Å². The van der Waals surface area contributed by atoms with Crippen molar-refractivity contribution < 1.29 is 32.9 Å². The number of ether oxygens (including phenoxy) is 2. The number of phenolic OH excluding ortho intramolecular Hbond substituents is 1. The first-order chi connectivity index (χ1) is 11.5. The number of aliphatic hydroxyl groups is 1. The molecule has 2 N–H and O–H groups in total. The van der Waals surface area contributed by atoms with E-state index in [0.29, 0.717) is 12.8 Å². The van der Waals surface area contributed by atoms with Gasteiger partial charge in [0, 0.05) is 12.7 Å². The van der Waals surface area contributed by atoms with Crippen molar-refractivity contribution in [3.63, 3.8) is 0 Å². The molecule has 0 amide bonds. The van der Waals surface area contributed by atoms with Crippen molar-refractivity contribution in [2.45, 2.75) is 19.4 Å². The Bertz CT molecular complexity index is 692. The van der Waals surface area contributed by atoms with Gasteiger partial charge in [0.15, 0.2) is 23.1 Å². The highest BCUT2D eigenvalue weighted by Gasteiger charge is 2.16. The molecule has 0 radical (unpaired) electrons. The van der Waals surface area contributed by atoms with Crippen LogP contribution in [0.2, 0.25) is 0 Å². The van der Waals surface area contributed by atoms with Gasteiger partial charge in [0.2, 0.25) is 0 Å². The SMILES string of the molecule is OCCCCOc1ccc(F)c(F)c1COc1ccc(F)cc1O. The first-order valence-corrected chi connectivity index (χ1v) is 7.34. The molecule has 0 saturated heterocycles. The van der Waals surface area contributed by atoms with Crippen molar-refractivity contribution in [2.75, 3.05) is 13.2 Å². The number of phenols is 1. The van der Waals surface area contributed by atoms with E-state index in [1.165, 1.54) is 12.1 Å². The van der Waals surface area contributed by atoms with Crippen LogP contribution >= 0.6 is 0 Å². The summed E-state index contributed by atoms with van der Waals surface area (Å²) < 4.78 is 51.0. The zero-order chi connectivity index (χ0) is 17.5. The zero-order valence-corrected chi connectivity index (χ0v) is 12.8. The van der Waals surface area contributed by atoms with Crippen LogP contribution in [0.4, 0.5) is 13.2 Å². The largest absolute Gasteiger partial charge is 0.504 e. The zero-order valence-electron chi connectivity index (χ0n) is 12.8. The molecule has 0 aliphatic heterocycles. The fourth-order valence-corrected chi connectivity index (χ4v) is 2.00. The summed E-state index contributed by atoms with van der Waals surface area (Å²) in [5.41, 5.74) is -0.150. The highest BCUT2D eigenvalue weighted by molar-refractivity contribution is 5.40. The van der Waals surface area contributed by atoms with Crippen LogP contribution in [0.3, 0.4) is 0 Å². The minimum Gasteiger partial charge on any atom is -0.504 e. The van der Waals surface area contributed by atoms with Crippen LogP contribution in [-0.2, 0) is 6.61 Å². The third kappa shape index (κ3) is 4.55. The lowest BCUT2D eigenvalue weighted by Gasteiger charge is -2.14. The summed E-state index contributed by atoms with van der Waals surface area (Å²) in [5.74, 6) is -3.22. The van der Waals surface area contributed by atoms with Crippen molar-refractivity contribution in [3.8, 4) is 17.2 Å². The van der Waals surface area contributed by atoms with E-state index in [2.05, 4.69) is 0 Å². The molecule has 130 valence electrons. The summed E-state index contributed by atoms with van der Waals surface area (Å²) in [6, 6.07) is 5.33. The summed E-state index contributed by atoms with van der Waals surface area (Å²) in [4.78, 5) is 0. The summed E-state index contributed by atoms with van der Waals surface area (Å²) in [6.07, 6.45) is 1.08. The van der Waals surface area contributed by atoms with Crippen molar-refractivity contribution >= 4 is 0 Å². The molecule has 0 spiro atoms. The van der Waals surface area contributed by atoms with Gasteiger partial charge in [-0.1, -0.05) is 0 Å². The van der Waals surface area contributed by atoms with Gasteiger partial charge in [-0.3, -0.25) is 0 Å². The van der Waals surface area contributed by atoms with E-state index in [0.717, 1.165) is 18.2 Å². The molecule has 0 atom stereocenters. The standard InChI is InChI=1S/C17H17F3O4/c18-11-3-5-16(14(22)9-11)24-10-12-15(23-8-2-1-7-21)6-4-13(19)17(12)20/h3-6,9,21-22H,1-2,7-8,10H2. The Kier molecular flexibility index (Phi) is 6.31. The first-order valence-electron chi connectivity index (χ1n) is 7.34. The third-order valence-corrected chi connectivity index (χ3v) is 3.26. The van der Waals surface area contributed by atoms with Gasteiger partial charge in [0.25, 0.3) is 0 Å². The molecule has 24 heavy (non-hydrogen) atoms. The van der Waals surface area contributed by atoms with E-state index < -0.39 is 29.8 Å². The van der Waals surface area contributed by atoms with Crippen LogP contribution in [0, 0.1) is 17.5 Å². The van der Waals surface area contributed by atoms with Gasteiger partial charge in [-0.2, -0.15) is 0 Å². The van der Waals surface area contributed by atoms with Gasteiger partial charge in [-0.25, -0.2) is 13.2 Å². The van der Waals surface area contributed by atoms with E-state index in [4.69, 9.17) is 14.6 Å². The number of hydrogen-bond acceptors (Lipinski definition) is 4. The lowest BCUT2D eigenvalue weighted by Crippen LogP contribution is -2.07. The van der Waals surface area contributed by atoms with Crippen LogP contribution in [0.25, 0.3) is 0 Å². The van der Waals surface area contributed by atoms with Crippen LogP contribution in [0.15, 0.2) is 30.3 Å². The number of aliphatic hydroxyl groups excluding tert-OH is 1. The second-order valence-corrected chi connectivity index (χ2v) is 5.02. The molecular formula is C17H17F3O4. The maximum Gasteiger partial charge on any atom is 0.169 e. The fourth-order valence-electron chi connectivity index (χ4n) is 2.00. The molecule has 2 aromatic carbocycles. The Hall–Kier alpha value is -2.41. The molecule has 2 aromatic rings. The van der Waals surface area contributed by atoms with Crippen LogP contribution in [-0.4, -0.2) is 23.4 Å². The highest BCUT2D eigenvalue weighted by atomic mass is 19.2. The Labute approximate surface area is 137 Å². The van der Waals surface area contributed by atoms with Crippen LogP contribution < -0.4 is 9.47 Å². The summed E-state index contributed by atoms with van der Waals surface area (Å²) in [5, 5.41) is 18.3. The van der Waals surface area contributed by atoms with Crippen LogP contribution in [0.1, 0.15) is 18.4 Å². The second kappa shape index (κ2) is 8.44. The number of halogens is 3. The average Bonchev–Trinajstić information content (AvgIpc) is 2.55. The first kappa shape index (κ1) is 17.9. The van der Waals surface area contributed by atoms with E-state index in [1.54, 1.807) is 0 Å². The maximum atomic E-state index is 14.0. The number of unbranched alkanes of at least 4 members (excludes halogenated alkanes) is 1. The lowest BCUT2D eigenvalue weighted by molar-refractivity contribution is 0.241. The monoisotopic (exact) mass is 342 g/mol. The van der Waals surface area contributed by atoms with E-state index in [-0.39, 0.29) is 30.3 Å². The minimum absolute atomic E-state index is 0.0148. The summed E-state index contributed by atoms with van der Waals surface area (Å²) in [7, 11) is 0. The summed E-state index contributed by atoms with van der Waals surface area (Å²) in [6.45, 7) is -0.167. The lowest BCUT2D eigenvalue weighted by atomic mass is 10.2. The smallest absolute Gasteiger partial charge is 0.169 e. The predicted molar refractivity (Wildman–Crippen MR) is 80.6 cm³/mol. The topological polar surface area (TPSA) is 58.9 Å². The Morgan fingerprint density at radius 1 is 0.917 bits per heavy atom. The van der Waals surface area contributed by atoms with Crippen molar-refractivity contribution in [1.82, 2.24) is 0 Å². The molecule has 0 aliphatic rings. The highest BCUT2D eigenvalue weighted by Crippen LogP contribution is 2.30. The van der Waals surface area contributed by atoms with Crippen molar-refractivity contribution in [2.24, 2.45) is 0 Å². The molecule has 0 aromatic heterocycles. The van der Waals surface area contributed by atoms with Gasteiger partial charge < -0.3 is 19.7 Å². The van der Waals surface area contributed by atoms with E-state index in [9.17, 15) is 18.3 Å².